The summed E-state index contributed by atoms with van der Waals surface area (Å²) in [5.41, 5.74) is 23.7. The Hall–Kier alpha value is -6.40. The molecule has 0 heterocycles. The molecule has 568 valence electrons. The fourth-order valence-corrected chi connectivity index (χ4v) is 14.7. The van der Waals surface area contributed by atoms with Gasteiger partial charge in [0.05, 0.1) is 58.2 Å². The standard InChI is InChI=1S/2C30H44GeN2.2C7H8.2C6F5.2Cu/c2*1-19(2)25-14-12-15-26(20(3)4)29(25)32-23(9)18-24(10)33(31-11)30-27(21(5)6)16-13-17-28(30)22(7)8;2*1-7-5-3-2-4-6-7;2*7-2-1-3(8)5(10)6(11)4(2)9;;/h2*12-22H,1-11H3;2*2-6H,1H3;;;;/q;;;;2*-1;2*+1/b2*24-18-,32-23?;;;;;;. The Morgan fingerprint density at radius 1 is 0.317 bits per heavy atom. The number of allylic oxidation sites excluding steroid dienone is 4. The third kappa shape index (κ3) is 28.4. The number of nitrogens with zero attached hydrogens (tertiary/aromatic N) is 4. The molecule has 4 radical (unpaired) electrons. The molecule has 0 spiro atoms. The topological polar surface area (TPSA) is 31.2 Å². The number of hydrogen-bond donors (Lipinski definition) is 0. The monoisotopic (exact) mass is 1660 g/mol. The smallest absolute Gasteiger partial charge is 1.00 e. The number of rotatable bonds is 18. The molecule has 0 N–H and O–H groups in total. The molecule has 4 nitrogen and oxygen atoms in total. The molecular formula is C86H104Cu2F10Ge2N4. The molecule has 0 saturated carbocycles. The molecule has 0 saturated heterocycles. The second-order valence-electron chi connectivity index (χ2n) is 27.3. The number of aliphatic imine (C=N–C) groups is 2. The maximum absolute atomic E-state index is 12.0. The Kier molecular flexibility index (Phi) is 42.9. The SMILES string of the molecule is Cc1ccccc1.Cc1ccccc1.Fc1[c-]c(F)c(F)c(F)c1F.Fc1[c-]c(F)c(F)c(F)c1F.[CH3][Ge][N](/C(C)=C\C(C)=Nc1c(C(C)C)cccc1C(C)C)c1c(C(C)C)cccc1C(C)C.[CH3][Ge][N](/C(C)=C\C(C)=Nc1c(C(C)C)cccc1C(C)C)c1c(C(C)C)cccc1C(C)C.[Cu+].[Cu+]. The zero-order valence-corrected chi connectivity index (χ0v) is 70.7. The minimum atomic E-state index is -2.17. The Bertz CT molecular complexity index is 3680. The quantitative estimate of drug-likeness (QED) is 0.0214. The summed E-state index contributed by atoms with van der Waals surface area (Å²) in [6.07, 6.45) is 4.57. The Morgan fingerprint density at radius 3 is 0.692 bits per heavy atom. The molecular weight excluding hydrogens is 1550 g/mol. The van der Waals surface area contributed by atoms with Crippen LogP contribution in [0, 0.1) is 84.2 Å². The fourth-order valence-electron chi connectivity index (χ4n) is 11.0. The minimum Gasteiger partial charge on any atom is 1.00 e. The second-order valence-corrected chi connectivity index (χ2v) is 31.0. The summed E-state index contributed by atoms with van der Waals surface area (Å²) in [6.45, 7) is 49.5. The molecule has 0 amide bonds. The van der Waals surface area contributed by atoms with Crippen molar-refractivity contribution in [2.45, 2.75) is 211 Å². The van der Waals surface area contributed by atoms with Gasteiger partial charge in [-0.05, 0) is 13.8 Å². The van der Waals surface area contributed by atoms with E-state index in [9.17, 15) is 43.9 Å². The molecule has 0 unspecified atom stereocenters. The van der Waals surface area contributed by atoms with Crippen LogP contribution in [-0.2, 0) is 34.1 Å². The van der Waals surface area contributed by atoms with Crippen LogP contribution in [0.2, 0.25) is 11.5 Å². The van der Waals surface area contributed by atoms with Crippen molar-refractivity contribution >= 4 is 65.5 Å². The normalized spacial score (nSPS) is 11.6. The molecule has 0 aliphatic heterocycles. The van der Waals surface area contributed by atoms with Crippen molar-refractivity contribution in [1.29, 1.82) is 0 Å². The maximum Gasteiger partial charge on any atom is 1.00 e. The van der Waals surface area contributed by atoms with Crippen LogP contribution in [0.1, 0.15) is 241 Å². The first-order chi connectivity index (χ1) is 47.8. The van der Waals surface area contributed by atoms with E-state index in [2.05, 4.69) is 281 Å². The van der Waals surface area contributed by atoms with E-state index in [0.717, 1.165) is 34.9 Å². The van der Waals surface area contributed by atoms with Gasteiger partial charge in [0.1, 0.15) is 0 Å². The van der Waals surface area contributed by atoms with Gasteiger partial charge in [-0.2, -0.15) is 0 Å². The molecule has 0 fully saturated rings. The predicted molar refractivity (Wildman–Crippen MR) is 412 cm³/mol. The van der Waals surface area contributed by atoms with E-state index >= 15 is 0 Å². The van der Waals surface area contributed by atoms with Gasteiger partial charge in [-0.1, -0.05) is 71.8 Å². The average molecular weight is 1660 g/mol. The van der Waals surface area contributed by atoms with Gasteiger partial charge in [0, 0.05) is 0 Å². The van der Waals surface area contributed by atoms with Crippen molar-refractivity contribution in [3.8, 4) is 0 Å². The van der Waals surface area contributed by atoms with Gasteiger partial charge in [0.2, 0.25) is 0 Å². The van der Waals surface area contributed by atoms with Crippen LogP contribution in [0.4, 0.5) is 66.7 Å². The van der Waals surface area contributed by atoms with Gasteiger partial charge in [-0.3, -0.25) is 17.6 Å². The summed E-state index contributed by atoms with van der Waals surface area (Å²) in [4.78, 5) is 10.4. The third-order valence-electron chi connectivity index (χ3n) is 16.2. The number of benzene rings is 8. The van der Waals surface area contributed by atoms with Crippen LogP contribution in [0.25, 0.3) is 0 Å². The first kappa shape index (κ1) is 95.6. The summed E-state index contributed by atoms with van der Waals surface area (Å²) in [5.74, 6) is -11.6. The van der Waals surface area contributed by atoms with Crippen LogP contribution < -0.4 is 7.71 Å². The van der Waals surface area contributed by atoms with E-state index in [-0.39, 0.29) is 65.4 Å². The van der Waals surface area contributed by atoms with Crippen molar-refractivity contribution in [3.63, 3.8) is 0 Å². The zero-order valence-electron chi connectivity index (χ0n) is 64.6. The van der Waals surface area contributed by atoms with Crippen LogP contribution in [0.3, 0.4) is 0 Å². The van der Waals surface area contributed by atoms with Crippen molar-refractivity contribution in [2.24, 2.45) is 9.98 Å². The number of halogens is 10. The van der Waals surface area contributed by atoms with Crippen molar-refractivity contribution < 1.29 is 78.0 Å². The van der Waals surface area contributed by atoms with Crippen LogP contribution in [-0.4, -0.2) is 42.7 Å². The van der Waals surface area contributed by atoms with Crippen molar-refractivity contribution in [2.75, 3.05) is 7.71 Å². The average Bonchev–Trinajstić information content (AvgIpc) is 0.814. The first-order valence-corrected chi connectivity index (χ1v) is 40.7. The van der Waals surface area contributed by atoms with E-state index in [1.54, 1.807) is 0 Å². The molecule has 8 aromatic carbocycles. The maximum atomic E-state index is 12.0. The van der Waals surface area contributed by atoms with E-state index in [4.69, 9.17) is 9.98 Å². The van der Waals surface area contributed by atoms with Crippen LogP contribution >= 0.6 is 0 Å². The number of anilines is 2. The Morgan fingerprint density at radius 2 is 0.519 bits per heavy atom. The van der Waals surface area contributed by atoms with E-state index in [1.807, 2.05) is 36.4 Å². The van der Waals surface area contributed by atoms with E-state index in [1.165, 1.54) is 78.4 Å². The van der Waals surface area contributed by atoms with Crippen molar-refractivity contribution in [3.05, 3.63) is 283 Å². The number of para-hydroxylation sites is 4. The van der Waals surface area contributed by atoms with E-state index < -0.39 is 58.2 Å². The zero-order chi connectivity index (χ0) is 77.2. The first-order valence-electron chi connectivity index (χ1n) is 34.6. The molecule has 104 heavy (non-hydrogen) atoms. The van der Waals surface area contributed by atoms with E-state index in [0.29, 0.717) is 47.3 Å². The molecule has 0 aliphatic rings. The third-order valence-corrected chi connectivity index (χ3v) is 20.5. The van der Waals surface area contributed by atoms with Gasteiger partial charge in [-0.25, -0.2) is 26.3 Å². The van der Waals surface area contributed by atoms with Gasteiger partial charge < -0.3 is 0 Å². The largest absolute Gasteiger partial charge is 1.00 e. The van der Waals surface area contributed by atoms with Crippen LogP contribution in [0.15, 0.2) is 167 Å². The second kappa shape index (κ2) is 46.6. The molecule has 0 aliphatic carbocycles. The molecule has 0 atom stereocenters. The Labute approximate surface area is 650 Å². The van der Waals surface area contributed by atoms with Gasteiger partial charge >= 0.3 is 455 Å². The molecule has 8 aromatic rings. The summed E-state index contributed by atoms with van der Waals surface area (Å²) in [6, 6.07) is 49.6. The molecule has 0 bridgehead atoms. The summed E-state index contributed by atoms with van der Waals surface area (Å²) < 4.78 is 125. The van der Waals surface area contributed by atoms with Gasteiger partial charge in [0.25, 0.3) is 0 Å². The summed E-state index contributed by atoms with van der Waals surface area (Å²) in [5, 5.41) is 0. The molecule has 18 heteroatoms. The van der Waals surface area contributed by atoms with Gasteiger partial charge in [-0.15, -0.1) is 12.1 Å². The summed E-state index contributed by atoms with van der Waals surface area (Å²) >= 11 is -0.659. The van der Waals surface area contributed by atoms with Gasteiger partial charge in [0.15, 0.2) is 0 Å². The molecule has 8 rings (SSSR count). The minimum absolute atomic E-state index is 0. The number of hydrogen-bond acceptors (Lipinski definition) is 4. The Balaban J connectivity index is 0.000000696. The molecule has 0 aromatic heterocycles. The van der Waals surface area contributed by atoms with Crippen molar-refractivity contribution in [1.82, 2.24) is 0 Å². The predicted octanol–water partition coefficient (Wildman–Crippen LogP) is 27.1. The number of aryl methyl sites for hydroxylation is 2. The summed E-state index contributed by atoms with van der Waals surface area (Å²) in [7, 11) is 0. The van der Waals surface area contributed by atoms with Crippen LogP contribution in [0.5, 0.6) is 0 Å². The fraction of sp³-hybridized carbons (Fsp3) is 0.372.